The lowest BCUT2D eigenvalue weighted by Crippen LogP contribution is -2.34. The number of rotatable bonds is 8. The Bertz CT molecular complexity index is 863. The molecule has 1 N–H and O–H groups in total. The summed E-state index contributed by atoms with van der Waals surface area (Å²) in [6.45, 7) is 5.05. The fraction of sp³-hybridized carbons (Fsp3) is 0.450. The van der Waals surface area contributed by atoms with Crippen molar-refractivity contribution in [2.75, 3.05) is 25.0 Å². The molecule has 1 aliphatic carbocycles. The van der Waals surface area contributed by atoms with Gasteiger partial charge in [-0.2, -0.15) is 5.10 Å². The average molecular weight is 405 g/mol. The number of likely N-dealkylation sites (N-methyl/N-ethyl adjacent to an activating group) is 1. The standard InChI is InChI=1S/C20H25ClN4O3/c1-4-25(5-2)19(26)12-28-18-7-6-14(8-17(18)21)23-20(27)16-9-15(16)13-10-22-24(3)11-13/h6-8,10-11,15-16H,4-5,9,12H2,1-3H3,(H,23,27). The molecule has 2 amide bonds. The van der Waals surface area contributed by atoms with Crippen LogP contribution in [0.5, 0.6) is 5.75 Å². The van der Waals surface area contributed by atoms with E-state index in [1.807, 2.05) is 27.1 Å². The fourth-order valence-corrected chi connectivity index (χ4v) is 3.46. The number of anilines is 1. The molecule has 0 radical (unpaired) electrons. The highest BCUT2D eigenvalue weighted by Crippen LogP contribution is 2.47. The molecule has 2 unspecified atom stereocenters. The Balaban J connectivity index is 1.54. The summed E-state index contributed by atoms with van der Waals surface area (Å²) in [6.07, 6.45) is 4.57. The van der Waals surface area contributed by atoms with Gasteiger partial charge in [0.25, 0.3) is 5.91 Å². The number of aryl methyl sites for hydroxylation is 1. The Morgan fingerprint density at radius 3 is 2.71 bits per heavy atom. The van der Waals surface area contributed by atoms with Gasteiger partial charge in [0.15, 0.2) is 6.61 Å². The monoisotopic (exact) mass is 404 g/mol. The number of nitrogens with one attached hydrogen (secondary N) is 1. The van der Waals surface area contributed by atoms with Crippen LogP contribution in [0.1, 0.15) is 31.7 Å². The second-order valence-corrected chi connectivity index (χ2v) is 7.29. The lowest BCUT2D eigenvalue weighted by molar-refractivity contribution is -0.133. The van der Waals surface area contributed by atoms with Gasteiger partial charge in [0.1, 0.15) is 5.75 Å². The van der Waals surface area contributed by atoms with E-state index in [1.54, 1.807) is 34.0 Å². The summed E-state index contributed by atoms with van der Waals surface area (Å²) in [6, 6.07) is 5.03. The molecule has 0 bridgehead atoms. The largest absolute Gasteiger partial charge is 0.482 e. The van der Waals surface area contributed by atoms with Gasteiger partial charge in [-0.3, -0.25) is 14.3 Å². The molecule has 0 aliphatic heterocycles. The molecule has 1 aliphatic rings. The average Bonchev–Trinajstić information content (AvgIpc) is 3.36. The highest BCUT2D eigenvalue weighted by atomic mass is 35.5. The van der Waals surface area contributed by atoms with Crippen LogP contribution in [0, 0.1) is 5.92 Å². The van der Waals surface area contributed by atoms with Crippen LogP contribution in [0.2, 0.25) is 5.02 Å². The van der Waals surface area contributed by atoms with E-state index in [9.17, 15) is 9.59 Å². The highest BCUT2D eigenvalue weighted by Gasteiger charge is 2.44. The van der Waals surface area contributed by atoms with Crippen LogP contribution in [-0.2, 0) is 16.6 Å². The Kier molecular flexibility index (Phi) is 6.24. The normalized spacial score (nSPS) is 17.9. The molecule has 0 saturated heterocycles. The van der Waals surface area contributed by atoms with E-state index in [-0.39, 0.29) is 30.3 Å². The van der Waals surface area contributed by atoms with Gasteiger partial charge in [-0.1, -0.05) is 11.6 Å². The van der Waals surface area contributed by atoms with Gasteiger partial charge in [-0.15, -0.1) is 0 Å². The van der Waals surface area contributed by atoms with E-state index < -0.39 is 0 Å². The lowest BCUT2D eigenvalue weighted by Gasteiger charge is -2.19. The summed E-state index contributed by atoms with van der Waals surface area (Å²) in [4.78, 5) is 26.2. The van der Waals surface area contributed by atoms with Gasteiger partial charge < -0.3 is 15.0 Å². The predicted octanol–water partition coefficient (Wildman–Crippen LogP) is 3.06. The van der Waals surface area contributed by atoms with Gasteiger partial charge >= 0.3 is 0 Å². The van der Waals surface area contributed by atoms with Gasteiger partial charge in [0, 0.05) is 37.9 Å². The zero-order valence-corrected chi connectivity index (χ0v) is 17.1. The van der Waals surface area contributed by atoms with Crippen LogP contribution in [0.4, 0.5) is 5.69 Å². The van der Waals surface area contributed by atoms with Gasteiger partial charge in [-0.05, 0) is 49.9 Å². The third kappa shape index (κ3) is 4.65. The van der Waals surface area contributed by atoms with Crippen molar-refractivity contribution in [1.29, 1.82) is 0 Å². The number of hydrogen-bond acceptors (Lipinski definition) is 4. The second-order valence-electron chi connectivity index (χ2n) is 6.89. The van der Waals surface area contributed by atoms with E-state index in [0.29, 0.717) is 29.5 Å². The molecule has 1 saturated carbocycles. The van der Waals surface area contributed by atoms with E-state index in [1.165, 1.54) is 0 Å². The maximum absolute atomic E-state index is 12.5. The minimum Gasteiger partial charge on any atom is -0.482 e. The van der Waals surface area contributed by atoms with E-state index in [2.05, 4.69) is 10.4 Å². The van der Waals surface area contributed by atoms with Crippen molar-refractivity contribution in [3.05, 3.63) is 41.2 Å². The summed E-state index contributed by atoms with van der Waals surface area (Å²) in [5, 5.41) is 7.41. The van der Waals surface area contributed by atoms with Gasteiger partial charge in [0.2, 0.25) is 5.91 Å². The summed E-state index contributed by atoms with van der Waals surface area (Å²) in [5.41, 5.74) is 1.69. The number of carbonyl (C=O) groups is 2. The zero-order valence-electron chi connectivity index (χ0n) is 16.3. The summed E-state index contributed by atoms with van der Waals surface area (Å²) < 4.78 is 7.28. The first-order chi connectivity index (χ1) is 13.4. The fourth-order valence-electron chi connectivity index (χ4n) is 3.22. The molecular weight excluding hydrogens is 380 g/mol. The molecule has 1 aromatic heterocycles. The predicted molar refractivity (Wildman–Crippen MR) is 108 cm³/mol. The molecule has 2 atom stereocenters. The number of carbonyl (C=O) groups excluding carboxylic acids is 2. The summed E-state index contributed by atoms with van der Waals surface area (Å²) in [5.74, 6) is 0.465. The van der Waals surface area contributed by atoms with Gasteiger partial charge in [0.05, 0.1) is 11.2 Å². The summed E-state index contributed by atoms with van der Waals surface area (Å²) in [7, 11) is 1.86. The van der Waals surface area contributed by atoms with Crippen LogP contribution < -0.4 is 10.1 Å². The number of amides is 2. The number of hydrogen-bond donors (Lipinski definition) is 1. The van der Waals surface area contributed by atoms with E-state index >= 15 is 0 Å². The maximum atomic E-state index is 12.5. The zero-order chi connectivity index (χ0) is 20.3. The quantitative estimate of drug-likeness (QED) is 0.733. The number of nitrogens with zero attached hydrogens (tertiary/aromatic N) is 3. The third-order valence-electron chi connectivity index (χ3n) is 4.95. The number of aromatic nitrogens is 2. The number of ether oxygens (including phenoxy) is 1. The Morgan fingerprint density at radius 2 is 2.11 bits per heavy atom. The van der Waals surface area contributed by atoms with Crippen molar-refractivity contribution in [1.82, 2.24) is 14.7 Å². The molecule has 7 nitrogen and oxygen atoms in total. The van der Waals surface area contributed by atoms with Crippen LogP contribution >= 0.6 is 11.6 Å². The molecule has 150 valence electrons. The van der Waals surface area contributed by atoms with Crippen molar-refractivity contribution >= 4 is 29.1 Å². The Hall–Kier alpha value is -2.54. The van der Waals surface area contributed by atoms with E-state index in [4.69, 9.17) is 16.3 Å². The lowest BCUT2D eigenvalue weighted by atomic mass is 10.2. The maximum Gasteiger partial charge on any atom is 0.260 e. The summed E-state index contributed by atoms with van der Waals surface area (Å²) >= 11 is 6.25. The van der Waals surface area contributed by atoms with Crippen LogP contribution in [0.15, 0.2) is 30.6 Å². The molecule has 28 heavy (non-hydrogen) atoms. The number of benzene rings is 1. The van der Waals surface area contributed by atoms with Gasteiger partial charge in [-0.25, -0.2) is 0 Å². The van der Waals surface area contributed by atoms with Crippen molar-refractivity contribution in [3.63, 3.8) is 0 Å². The molecule has 1 aromatic carbocycles. The van der Waals surface area contributed by atoms with Crippen molar-refractivity contribution in [2.24, 2.45) is 13.0 Å². The molecule has 3 rings (SSSR count). The van der Waals surface area contributed by atoms with Crippen molar-refractivity contribution in [2.45, 2.75) is 26.2 Å². The van der Waals surface area contributed by atoms with Crippen molar-refractivity contribution in [3.8, 4) is 5.75 Å². The molecule has 1 fully saturated rings. The molecular formula is C20H25ClN4O3. The highest BCUT2D eigenvalue weighted by molar-refractivity contribution is 6.32. The topological polar surface area (TPSA) is 76.5 Å². The van der Waals surface area contributed by atoms with Crippen LogP contribution in [0.3, 0.4) is 0 Å². The minimum atomic E-state index is -0.0892. The smallest absolute Gasteiger partial charge is 0.260 e. The molecule has 2 aromatic rings. The molecule has 0 spiro atoms. The minimum absolute atomic E-state index is 0.0321. The molecule has 8 heteroatoms. The second kappa shape index (κ2) is 8.65. The SMILES string of the molecule is CCN(CC)C(=O)COc1ccc(NC(=O)C2CC2c2cnn(C)c2)cc1Cl. The van der Waals surface area contributed by atoms with Crippen LogP contribution in [0.25, 0.3) is 0 Å². The Labute approximate surface area is 169 Å². The van der Waals surface area contributed by atoms with Crippen LogP contribution in [-0.4, -0.2) is 46.2 Å². The van der Waals surface area contributed by atoms with Crippen molar-refractivity contribution < 1.29 is 14.3 Å². The first-order valence-corrected chi connectivity index (χ1v) is 9.80. The number of halogens is 1. The van der Waals surface area contributed by atoms with E-state index in [0.717, 1.165) is 12.0 Å². The first kappa shape index (κ1) is 20.2. The third-order valence-corrected chi connectivity index (χ3v) is 5.24. The molecule has 1 heterocycles. The first-order valence-electron chi connectivity index (χ1n) is 9.42. The Morgan fingerprint density at radius 1 is 1.36 bits per heavy atom.